The summed E-state index contributed by atoms with van der Waals surface area (Å²) in [6, 6.07) is 10.7. The molecule has 2 aliphatic heterocycles. The number of fused-ring (bicyclic) bond motifs is 1. The van der Waals surface area contributed by atoms with Gasteiger partial charge < -0.3 is 24.0 Å². The van der Waals surface area contributed by atoms with Crippen molar-refractivity contribution in [2.45, 2.75) is 39.3 Å². The molecule has 3 heterocycles. The maximum atomic E-state index is 13.7. The SMILES string of the molecule is COc1ccc(CN2C(=O)CCN(c3cncc4c(N5CCN(C(=O)OC(C)(C)C)CC5)c(OC)ccc34)C2=O)cc1. The van der Waals surface area contributed by atoms with Gasteiger partial charge in [0.05, 0.1) is 38.3 Å². The predicted molar refractivity (Wildman–Crippen MR) is 159 cm³/mol. The van der Waals surface area contributed by atoms with E-state index in [1.807, 2.05) is 57.2 Å². The maximum Gasteiger partial charge on any atom is 0.410 e. The molecule has 42 heavy (non-hydrogen) atoms. The van der Waals surface area contributed by atoms with E-state index in [0.717, 1.165) is 22.0 Å². The lowest BCUT2D eigenvalue weighted by atomic mass is 10.1. The van der Waals surface area contributed by atoms with Gasteiger partial charge in [-0.05, 0) is 50.6 Å². The molecule has 1 aromatic heterocycles. The number of rotatable bonds is 6. The molecule has 0 spiro atoms. The Balaban J connectivity index is 1.42. The number of anilines is 2. The van der Waals surface area contributed by atoms with Gasteiger partial charge in [0, 0.05) is 56.1 Å². The van der Waals surface area contributed by atoms with Gasteiger partial charge in [-0.3, -0.25) is 19.6 Å². The molecule has 0 unspecified atom stereocenters. The highest BCUT2D eigenvalue weighted by Gasteiger charge is 2.34. The topological polar surface area (TPSA) is 105 Å². The Morgan fingerprint density at radius 3 is 2.24 bits per heavy atom. The van der Waals surface area contributed by atoms with Crippen LogP contribution in [0.5, 0.6) is 11.5 Å². The number of aromatic nitrogens is 1. The normalized spacial score (nSPS) is 16.2. The van der Waals surface area contributed by atoms with Crippen molar-refractivity contribution < 1.29 is 28.6 Å². The van der Waals surface area contributed by atoms with Crippen molar-refractivity contribution in [3.05, 3.63) is 54.4 Å². The third kappa shape index (κ3) is 5.90. The molecule has 2 saturated heterocycles. The number of pyridine rings is 1. The lowest BCUT2D eigenvalue weighted by molar-refractivity contribution is -0.129. The lowest BCUT2D eigenvalue weighted by Gasteiger charge is -2.38. The molecule has 2 aromatic carbocycles. The van der Waals surface area contributed by atoms with E-state index < -0.39 is 5.60 Å². The molecule has 0 bridgehead atoms. The molecule has 2 aliphatic rings. The Morgan fingerprint density at radius 1 is 0.881 bits per heavy atom. The van der Waals surface area contributed by atoms with Crippen LogP contribution in [-0.2, 0) is 16.1 Å². The number of ether oxygens (including phenoxy) is 3. The number of urea groups is 1. The minimum atomic E-state index is -0.560. The predicted octanol–water partition coefficient (Wildman–Crippen LogP) is 4.67. The number of hydrogen-bond acceptors (Lipinski definition) is 8. The summed E-state index contributed by atoms with van der Waals surface area (Å²) in [5.41, 5.74) is 1.74. The Labute approximate surface area is 245 Å². The van der Waals surface area contributed by atoms with E-state index in [2.05, 4.69) is 9.88 Å². The first kappa shape index (κ1) is 29.0. The summed E-state index contributed by atoms with van der Waals surface area (Å²) in [5.74, 6) is 1.16. The van der Waals surface area contributed by atoms with Gasteiger partial charge in [0.2, 0.25) is 5.91 Å². The van der Waals surface area contributed by atoms with Gasteiger partial charge in [-0.1, -0.05) is 12.1 Å². The number of nitrogens with zero attached hydrogens (tertiary/aromatic N) is 5. The largest absolute Gasteiger partial charge is 0.497 e. The van der Waals surface area contributed by atoms with Crippen LogP contribution in [-0.4, -0.2) is 85.4 Å². The van der Waals surface area contributed by atoms with Gasteiger partial charge in [-0.15, -0.1) is 0 Å². The van der Waals surface area contributed by atoms with Crippen molar-refractivity contribution in [3.8, 4) is 11.5 Å². The zero-order chi connectivity index (χ0) is 30.0. The highest BCUT2D eigenvalue weighted by molar-refractivity contribution is 6.12. The third-order valence-electron chi connectivity index (χ3n) is 7.43. The number of carbonyl (C=O) groups is 3. The molecule has 3 aromatic rings. The van der Waals surface area contributed by atoms with Crippen LogP contribution in [0.2, 0.25) is 0 Å². The van der Waals surface area contributed by atoms with Crippen molar-refractivity contribution in [2.75, 3.05) is 56.7 Å². The summed E-state index contributed by atoms with van der Waals surface area (Å²) in [5, 5.41) is 1.64. The van der Waals surface area contributed by atoms with Crippen LogP contribution in [0.4, 0.5) is 21.0 Å². The molecule has 0 aliphatic carbocycles. The Hall–Kier alpha value is -4.54. The first-order valence-corrected chi connectivity index (χ1v) is 14.0. The average Bonchev–Trinajstić information content (AvgIpc) is 2.98. The fourth-order valence-corrected chi connectivity index (χ4v) is 5.32. The zero-order valence-electron chi connectivity index (χ0n) is 24.8. The van der Waals surface area contributed by atoms with Gasteiger partial charge in [0.1, 0.15) is 17.1 Å². The van der Waals surface area contributed by atoms with Crippen LogP contribution in [0.25, 0.3) is 10.8 Å². The summed E-state index contributed by atoms with van der Waals surface area (Å²) in [7, 11) is 3.21. The Kier molecular flexibility index (Phi) is 8.11. The average molecular weight is 576 g/mol. The monoisotopic (exact) mass is 575 g/mol. The van der Waals surface area contributed by atoms with Crippen LogP contribution < -0.4 is 19.3 Å². The smallest absolute Gasteiger partial charge is 0.410 e. The zero-order valence-corrected chi connectivity index (χ0v) is 24.8. The first-order valence-electron chi connectivity index (χ1n) is 14.0. The van der Waals surface area contributed by atoms with Crippen LogP contribution in [0.3, 0.4) is 0 Å². The molecule has 222 valence electrons. The molecule has 0 saturated carbocycles. The minimum Gasteiger partial charge on any atom is -0.497 e. The van der Waals surface area contributed by atoms with Crippen molar-refractivity contribution in [1.82, 2.24) is 14.8 Å². The van der Waals surface area contributed by atoms with Gasteiger partial charge in [-0.25, -0.2) is 9.59 Å². The van der Waals surface area contributed by atoms with Crippen molar-refractivity contribution in [1.29, 1.82) is 0 Å². The summed E-state index contributed by atoms with van der Waals surface area (Å²) in [6.45, 7) is 8.13. The van der Waals surface area contributed by atoms with Crippen LogP contribution >= 0.6 is 0 Å². The fraction of sp³-hybridized carbons (Fsp3) is 0.419. The van der Waals surface area contributed by atoms with Crippen molar-refractivity contribution in [3.63, 3.8) is 0 Å². The summed E-state index contributed by atoms with van der Waals surface area (Å²) >= 11 is 0. The van der Waals surface area contributed by atoms with E-state index in [4.69, 9.17) is 14.2 Å². The second kappa shape index (κ2) is 11.8. The first-order chi connectivity index (χ1) is 20.1. The van der Waals surface area contributed by atoms with E-state index in [1.165, 1.54) is 4.90 Å². The standard InChI is InChI=1S/C31H37N5O6/c1-31(2,3)42-30(39)34-16-14-33(15-17-34)28-24-18-32-19-25(23(24)10-11-26(28)41-5)35-13-12-27(37)36(29(35)38)20-21-6-8-22(40-4)9-7-21/h6-11,18-19H,12-17,20H2,1-5H3. The highest BCUT2D eigenvalue weighted by Crippen LogP contribution is 2.40. The molecule has 11 nitrogen and oxygen atoms in total. The molecule has 11 heteroatoms. The van der Waals surface area contributed by atoms with Gasteiger partial charge in [0.25, 0.3) is 0 Å². The molecule has 0 N–H and O–H groups in total. The van der Waals surface area contributed by atoms with Crippen LogP contribution in [0.1, 0.15) is 32.8 Å². The molecule has 0 radical (unpaired) electrons. The molecule has 4 amide bonds. The Bertz CT molecular complexity index is 1480. The highest BCUT2D eigenvalue weighted by atomic mass is 16.6. The van der Waals surface area contributed by atoms with E-state index in [9.17, 15) is 14.4 Å². The van der Waals surface area contributed by atoms with Gasteiger partial charge in [-0.2, -0.15) is 0 Å². The minimum absolute atomic E-state index is 0.164. The summed E-state index contributed by atoms with van der Waals surface area (Å²) in [4.78, 5) is 50.5. The van der Waals surface area contributed by atoms with Crippen molar-refractivity contribution >= 4 is 40.2 Å². The van der Waals surface area contributed by atoms with E-state index in [-0.39, 0.29) is 37.5 Å². The quantitative estimate of drug-likeness (QED) is 0.418. The fourth-order valence-electron chi connectivity index (χ4n) is 5.32. The van der Waals surface area contributed by atoms with E-state index in [1.54, 1.807) is 36.4 Å². The molecule has 5 rings (SSSR count). The van der Waals surface area contributed by atoms with Gasteiger partial charge in [0.15, 0.2) is 0 Å². The number of methoxy groups -OCH3 is 2. The van der Waals surface area contributed by atoms with E-state index >= 15 is 0 Å². The van der Waals surface area contributed by atoms with Crippen LogP contribution in [0, 0.1) is 0 Å². The second-order valence-corrected chi connectivity index (χ2v) is 11.3. The molecule has 2 fully saturated rings. The molecular formula is C31H37N5O6. The number of amides is 4. The summed E-state index contributed by atoms with van der Waals surface area (Å²) < 4.78 is 16.5. The lowest BCUT2D eigenvalue weighted by Crippen LogP contribution is -2.52. The summed E-state index contributed by atoms with van der Waals surface area (Å²) in [6.07, 6.45) is 3.31. The van der Waals surface area contributed by atoms with Crippen LogP contribution in [0.15, 0.2) is 48.8 Å². The second-order valence-electron chi connectivity index (χ2n) is 11.3. The maximum absolute atomic E-state index is 13.7. The number of hydrogen-bond donors (Lipinski definition) is 0. The van der Waals surface area contributed by atoms with Crippen molar-refractivity contribution in [2.24, 2.45) is 0 Å². The van der Waals surface area contributed by atoms with Gasteiger partial charge >= 0.3 is 12.1 Å². The molecular weight excluding hydrogens is 538 g/mol. The Morgan fingerprint density at radius 2 is 1.60 bits per heavy atom. The number of piperazine rings is 1. The van der Waals surface area contributed by atoms with E-state index in [0.29, 0.717) is 43.4 Å². The number of benzene rings is 2. The third-order valence-corrected chi connectivity index (χ3v) is 7.43. The molecule has 0 atom stereocenters. The number of imide groups is 1. The number of carbonyl (C=O) groups excluding carboxylic acids is 3.